The van der Waals surface area contributed by atoms with E-state index in [0.29, 0.717) is 0 Å². The molecule has 0 fully saturated rings. The minimum atomic E-state index is -0.781. The van der Waals surface area contributed by atoms with E-state index in [0.717, 1.165) is 12.2 Å². The molecule has 0 bridgehead atoms. The third-order valence-electron chi connectivity index (χ3n) is 1.90. The Labute approximate surface area is 122 Å². The number of ether oxygens (including phenoxy) is 4. The van der Waals surface area contributed by atoms with E-state index in [-0.39, 0.29) is 32.7 Å². The van der Waals surface area contributed by atoms with Crippen LogP contribution in [-0.2, 0) is 38.1 Å². The maximum Gasteiger partial charge on any atom is 0.339 e. The first-order chi connectivity index (χ1) is 9.99. The summed E-state index contributed by atoms with van der Waals surface area (Å²) in [6.45, 7) is 1.50. The topological polar surface area (TPSA) is 105 Å². The minimum Gasteiger partial charge on any atom is -0.463 e. The largest absolute Gasteiger partial charge is 0.463 e. The van der Waals surface area contributed by atoms with Crippen LogP contribution in [-0.4, -0.2) is 50.8 Å². The summed E-state index contributed by atoms with van der Waals surface area (Å²) < 4.78 is 18.2. The highest BCUT2D eigenvalue weighted by molar-refractivity contribution is 5.91. The van der Waals surface area contributed by atoms with E-state index in [1.165, 1.54) is 7.11 Å². The fraction of sp³-hybridized carbons (Fsp3) is 0.538. The van der Waals surface area contributed by atoms with Crippen molar-refractivity contribution >= 4 is 23.9 Å². The van der Waals surface area contributed by atoms with Crippen LogP contribution in [0.2, 0.25) is 0 Å². The average molecular weight is 302 g/mol. The molecule has 0 aliphatic rings. The SMILES string of the molecule is CCOC(=O)C=CC(=O)OCCCC(=O)OC(=O)COC. The van der Waals surface area contributed by atoms with Gasteiger partial charge in [0.1, 0.15) is 6.61 Å². The molecule has 0 unspecified atom stereocenters. The normalized spacial score (nSPS) is 10.2. The Morgan fingerprint density at radius 2 is 1.57 bits per heavy atom. The van der Waals surface area contributed by atoms with Crippen LogP contribution in [0.4, 0.5) is 0 Å². The Morgan fingerprint density at radius 3 is 2.14 bits per heavy atom. The highest BCUT2D eigenvalue weighted by Crippen LogP contribution is 1.96. The number of rotatable bonds is 9. The first-order valence-electron chi connectivity index (χ1n) is 6.23. The van der Waals surface area contributed by atoms with E-state index in [9.17, 15) is 19.2 Å². The Bertz CT molecular complexity index is 399. The molecule has 0 rings (SSSR count). The quantitative estimate of drug-likeness (QED) is 0.195. The fourth-order valence-corrected chi connectivity index (χ4v) is 1.09. The second-order valence-electron chi connectivity index (χ2n) is 3.64. The van der Waals surface area contributed by atoms with Gasteiger partial charge in [0.15, 0.2) is 0 Å². The van der Waals surface area contributed by atoms with Gasteiger partial charge >= 0.3 is 23.9 Å². The van der Waals surface area contributed by atoms with Gasteiger partial charge in [-0.15, -0.1) is 0 Å². The van der Waals surface area contributed by atoms with Gasteiger partial charge in [-0.25, -0.2) is 14.4 Å². The summed E-state index contributed by atoms with van der Waals surface area (Å²) in [4.78, 5) is 44.1. The van der Waals surface area contributed by atoms with Crippen molar-refractivity contribution in [3.63, 3.8) is 0 Å². The Morgan fingerprint density at radius 1 is 0.952 bits per heavy atom. The lowest BCUT2D eigenvalue weighted by atomic mass is 10.3. The van der Waals surface area contributed by atoms with Crippen molar-refractivity contribution in [3.05, 3.63) is 12.2 Å². The van der Waals surface area contributed by atoms with Crippen LogP contribution < -0.4 is 0 Å². The number of esters is 4. The average Bonchev–Trinajstić information content (AvgIpc) is 2.42. The van der Waals surface area contributed by atoms with Gasteiger partial charge in [0.05, 0.1) is 13.2 Å². The van der Waals surface area contributed by atoms with E-state index < -0.39 is 23.9 Å². The second-order valence-corrected chi connectivity index (χ2v) is 3.64. The van der Waals surface area contributed by atoms with Gasteiger partial charge < -0.3 is 18.9 Å². The number of carbonyl (C=O) groups excluding carboxylic acids is 4. The van der Waals surface area contributed by atoms with Crippen molar-refractivity contribution < 1.29 is 38.1 Å². The molecule has 0 aromatic heterocycles. The van der Waals surface area contributed by atoms with Crippen LogP contribution >= 0.6 is 0 Å². The molecular formula is C13H18O8. The summed E-state index contributed by atoms with van der Waals surface area (Å²) >= 11 is 0. The van der Waals surface area contributed by atoms with Crippen molar-refractivity contribution in [1.82, 2.24) is 0 Å². The Hall–Kier alpha value is -2.22. The molecule has 0 heterocycles. The molecule has 0 saturated heterocycles. The van der Waals surface area contributed by atoms with Crippen LogP contribution in [0, 0.1) is 0 Å². The maximum atomic E-state index is 11.2. The van der Waals surface area contributed by atoms with E-state index in [4.69, 9.17) is 4.74 Å². The first-order valence-corrected chi connectivity index (χ1v) is 6.23. The highest BCUT2D eigenvalue weighted by Gasteiger charge is 2.10. The summed E-state index contributed by atoms with van der Waals surface area (Å²) in [6, 6.07) is 0. The molecule has 8 nitrogen and oxygen atoms in total. The summed E-state index contributed by atoms with van der Waals surface area (Å²) in [6.07, 6.45) is 1.99. The Balaban J connectivity index is 3.75. The monoisotopic (exact) mass is 302 g/mol. The van der Waals surface area contributed by atoms with Gasteiger partial charge in [-0.1, -0.05) is 0 Å². The van der Waals surface area contributed by atoms with Crippen molar-refractivity contribution in [1.29, 1.82) is 0 Å². The van der Waals surface area contributed by atoms with Crippen LogP contribution in [0.15, 0.2) is 12.2 Å². The van der Waals surface area contributed by atoms with Gasteiger partial charge in [-0.3, -0.25) is 4.79 Å². The zero-order chi connectivity index (χ0) is 16.1. The van der Waals surface area contributed by atoms with E-state index in [2.05, 4.69) is 14.2 Å². The molecule has 0 radical (unpaired) electrons. The van der Waals surface area contributed by atoms with Crippen molar-refractivity contribution in [2.45, 2.75) is 19.8 Å². The van der Waals surface area contributed by atoms with Crippen molar-refractivity contribution in [3.8, 4) is 0 Å². The Kier molecular flexibility index (Phi) is 10.4. The molecule has 0 spiro atoms. The zero-order valence-electron chi connectivity index (χ0n) is 12.0. The predicted octanol–water partition coefficient (Wildman–Crippen LogP) is 0.145. The summed E-state index contributed by atoms with van der Waals surface area (Å²) in [5.74, 6) is -2.88. The third-order valence-corrected chi connectivity index (χ3v) is 1.90. The molecular weight excluding hydrogens is 284 g/mol. The van der Waals surface area contributed by atoms with E-state index in [1.54, 1.807) is 6.92 Å². The number of carbonyl (C=O) groups is 4. The number of hydrogen-bond donors (Lipinski definition) is 0. The maximum absolute atomic E-state index is 11.2. The van der Waals surface area contributed by atoms with Crippen LogP contribution in [0.1, 0.15) is 19.8 Å². The van der Waals surface area contributed by atoms with Crippen LogP contribution in [0.3, 0.4) is 0 Å². The van der Waals surface area contributed by atoms with Gasteiger partial charge in [0.2, 0.25) is 0 Å². The summed E-state index contributed by atoms with van der Waals surface area (Å²) in [5.41, 5.74) is 0. The standard InChI is InChI=1S/C13H18O8/c1-3-19-10(14)6-7-11(15)20-8-4-5-12(16)21-13(17)9-18-2/h6-7H,3-5,8-9H2,1-2H3. The van der Waals surface area contributed by atoms with E-state index in [1.807, 2.05) is 0 Å². The molecule has 0 saturated carbocycles. The van der Waals surface area contributed by atoms with Gasteiger partial charge in [0.25, 0.3) is 0 Å². The second kappa shape index (κ2) is 11.6. The smallest absolute Gasteiger partial charge is 0.339 e. The van der Waals surface area contributed by atoms with Crippen molar-refractivity contribution in [2.75, 3.05) is 26.9 Å². The molecule has 21 heavy (non-hydrogen) atoms. The van der Waals surface area contributed by atoms with Crippen LogP contribution in [0.5, 0.6) is 0 Å². The molecule has 0 aromatic carbocycles. The molecule has 0 aromatic rings. The molecule has 118 valence electrons. The number of hydrogen-bond acceptors (Lipinski definition) is 8. The van der Waals surface area contributed by atoms with Crippen molar-refractivity contribution in [2.24, 2.45) is 0 Å². The fourth-order valence-electron chi connectivity index (χ4n) is 1.09. The summed E-state index contributed by atoms with van der Waals surface area (Å²) in [5, 5.41) is 0. The lowest BCUT2D eigenvalue weighted by Crippen LogP contribution is -2.17. The highest BCUT2D eigenvalue weighted by atomic mass is 16.6. The molecule has 0 aliphatic carbocycles. The molecule has 8 heteroatoms. The minimum absolute atomic E-state index is 0.0421. The van der Waals surface area contributed by atoms with E-state index >= 15 is 0 Å². The molecule has 0 atom stereocenters. The molecule has 0 amide bonds. The lowest BCUT2D eigenvalue weighted by molar-refractivity contribution is -0.162. The number of methoxy groups -OCH3 is 1. The van der Waals surface area contributed by atoms with Gasteiger partial charge in [-0.05, 0) is 13.3 Å². The van der Waals surface area contributed by atoms with Gasteiger partial charge in [0, 0.05) is 25.7 Å². The zero-order valence-corrected chi connectivity index (χ0v) is 12.0. The molecule has 0 aliphatic heterocycles. The van der Waals surface area contributed by atoms with Gasteiger partial charge in [-0.2, -0.15) is 0 Å². The predicted molar refractivity (Wildman–Crippen MR) is 68.9 cm³/mol. The summed E-state index contributed by atoms with van der Waals surface area (Å²) in [7, 11) is 1.30. The van der Waals surface area contributed by atoms with Crippen LogP contribution in [0.25, 0.3) is 0 Å². The first kappa shape index (κ1) is 18.8. The third kappa shape index (κ3) is 11.3. The lowest BCUT2D eigenvalue weighted by Gasteiger charge is -2.03. The molecule has 0 N–H and O–H groups in total.